The van der Waals surface area contributed by atoms with Crippen molar-refractivity contribution in [3.05, 3.63) is 228 Å². The number of benzene rings is 6. The van der Waals surface area contributed by atoms with Gasteiger partial charge >= 0.3 is 0 Å². The van der Waals surface area contributed by atoms with Crippen molar-refractivity contribution in [2.45, 2.75) is 187 Å². The first kappa shape index (κ1) is 83.3. The molecule has 3 fully saturated rings. The molecule has 6 amide bonds. The number of carbonyl (C=O) groups excluding carboxylic acids is 9. The monoisotopic (exact) mass is 1680 g/mol. The molecule has 3 N–H and O–H groups in total. The third-order valence-corrected chi connectivity index (χ3v) is 26.4. The van der Waals surface area contributed by atoms with E-state index < -0.39 is 66.3 Å². The molecule has 0 spiro atoms. The van der Waals surface area contributed by atoms with E-state index in [2.05, 4.69) is 30.9 Å². The van der Waals surface area contributed by atoms with Crippen molar-refractivity contribution in [3.8, 4) is 31.3 Å². The Hall–Kier alpha value is -9.67. The molecule has 9 heterocycles. The molecule has 0 bridgehead atoms. The summed E-state index contributed by atoms with van der Waals surface area (Å²) in [4.78, 5) is 146. The van der Waals surface area contributed by atoms with Crippen LogP contribution in [0.4, 0.5) is 4.39 Å². The normalized spacial score (nSPS) is 19.7. The molecule has 3 aromatic heterocycles. The summed E-state index contributed by atoms with van der Waals surface area (Å²) >= 11 is 8.22. The van der Waals surface area contributed by atoms with E-state index in [4.69, 9.17) is 0 Å². The van der Waals surface area contributed by atoms with E-state index in [-0.39, 0.29) is 135 Å². The zero-order valence-electron chi connectivity index (χ0n) is 65.6. The maximum absolute atomic E-state index is 13.8. The first-order valence-corrected chi connectivity index (χ1v) is 42.6. The third-order valence-electron chi connectivity index (χ3n) is 22.7. The number of nitrogens with zero attached hydrogens (tertiary/aromatic N) is 9. The number of halogens is 2. The molecular formula is C89H95BrFN9O12S3. The third kappa shape index (κ3) is 18.3. The van der Waals surface area contributed by atoms with Crippen LogP contribution in [0.1, 0.15) is 156 Å². The molecule has 3 saturated heterocycles. The molecule has 0 aliphatic carbocycles. The summed E-state index contributed by atoms with van der Waals surface area (Å²) < 4.78 is 14.6. The van der Waals surface area contributed by atoms with E-state index in [1.54, 1.807) is 67.5 Å². The highest BCUT2D eigenvalue weighted by atomic mass is 79.9. The Balaban J connectivity index is 0.000000150. The number of aromatic nitrogens is 3. The van der Waals surface area contributed by atoms with Crippen molar-refractivity contribution in [1.29, 1.82) is 0 Å². The number of aliphatic hydroxyl groups is 3. The van der Waals surface area contributed by atoms with Gasteiger partial charge in [-0.15, -0.1) is 34.0 Å². The van der Waals surface area contributed by atoms with E-state index in [9.17, 15) is 62.9 Å². The lowest BCUT2D eigenvalue weighted by Crippen LogP contribution is -2.54. The molecule has 600 valence electrons. The molecule has 6 aliphatic heterocycles. The molecule has 21 nitrogen and oxygen atoms in total. The Morgan fingerprint density at radius 2 is 0.748 bits per heavy atom. The summed E-state index contributed by atoms with van der Waals surface area (Å²) in [6.45, 7) is 16.5. The lowest BCUT2D eigenvalue weighted by atomic mass is 9.98. The smallest absolute Gasteiger partial charge is 0.255 e. The lowest BCUT2D eigenvalue weighted by Gasteiger charge is -2.35. The van der Waals surface area contributed by atoms with Gasteiger partial charge in [-0.1, -0.05) is 157 Å². The predicted octanol–water partition coefficient (Wildman–Crippen LogP) is 13.4. The number of aryl methyl sites for hydroxylation is 5. The van der Waals surface area contributed by atoms with Gasteiger partial charge in [0.25, 0.3) is 17.7 Å². The minimum Gasteiger partial charge on any atom is -0.391 e. The van der Waals surface area contributed by atoms with Gasteiger partial charge in [0.15, 0.2) is 17.3 Å². The average Bonchev–Trinajstić information content (AvgIpc) is 1.64. The van der Waals surface area contributed by atoms with Crippen molar-refractivity contribution >= 4 is 103 Å². The van der Waals surface area contributed by atoms with Gasteiger partial charge in [0.1, 0.15) is 28.5 Å². The van der Waals surface area contributed by atoms with E-state index in [0.29, 0.717) is 49.0 Å². The lowest BCUT2D eigenvalue weighted by molar-refractivity contribution is -0.143. The van der Waals surface area contributed by atoms with Gasteiger partial charge in [0.05, 0.1) is 79.0 Å². The molecule has 0 saturated carbocycles. The first-order chi connectivity index (χ1) is 55.1. The van der Waals surface area contributed by atoms with Crippen LogP contribution >= 0.6 is 49.9 Å². The van der Waals surface area contributed by atoms with Crippen molar-refractivity contribution in [2.75, 3.05) is 19.6 Å². The van der Waals surface area contributed by atoms with Crippen LogP contribution < -0.4 is 0 Å². The van der Waals surface area contributed by atoms with Gasteiger partial charge in [0.2, 0.25) is 17.7 Å². The number of carbonyl (C=O) groups is 9. The Bertz CT molecular complexity index is 4900. The van der Waals surface area contributed by atoms with Crippen molar-refractivity contribution < 1.29 is 62.9 Å². The number of hydrogen-bond acceptors (Lipinski definition) is 18. The van der Waals surface area contributed by atoms with E-state index in [1.165, 1.54) is 31.7 Å². The number of rotatable bonds is 24. The van der Waals surface area contributed by atoms with Crippen LogP contribution in [0.15, 0.2) is 161 Å². The Morgan fingerprint density at radius 1 is 0.435 bits per heavy atom. The fourth-order valence-electron chi connectivity index (χ4n) is 16.8. The number of ketones is 3. The van der Waals surface area contributed by atoms with Gasteiger partial charge in [0, 0.05) is 94.5 Å². The first-order valence-electron chi connectivity index (χ1n) is 39.2. The van der Waals surface area contributed by atoms with Gasteiger partial charge < -0.3 is 44.7 Å². The molecule has 9 atom stereocenters. The molecular weight excluding hydrogens is 1580 g/mol. The number of likely N-dealkylation sites (tertiary alicyclic amines) is 3. The second kappa shape index (κ2) is 36.2. The SMILES string of the molecule is CC(C)[C@@H](C(=O)N1C[C@H](O)C[C@H]1C(=O)CCc1ccc(-c2scnc2Br)cc1)N1Cc2ccccc2C1=O.Cc1ncsc1-c1ccc(CCC(=O)[C@@H]2C[C@@H](O)CN2C(=O)[C@@H](C(C)C)N2Cc3ccc(F)cc3C2=O)cc1.Cc1ncsc1-c1ccc(CCC(=O)[C@@H]2C[C@@H](O)CN2C(=O)[C@H](C(C)C)N2Cc3ccccc3C2=O)cc1. The highest BCUT2D eigenvalue weighted by Gasteiger charge is 2.49. The number of fused-ring (bicyclic) bond motifs is 3. The van der Waals surface area contributed by atoms with Crippen molar-refractivity contribution in [2.24, 2.45) is 17.8 Å². The molecule has 9 aromatic rings. The number of aliphatic hydroxyl groups excluding tert-OH is 3. The van der Waals surface area contributed by atoms with Crippen LogP contribution in [-0.4, -0.2) is 187 Å². The van der Waals surface area contributed by atoms with Crippen LogP contribution in [0.3, 0.4) is 0 Å². The maximum atomic E-state index is 13.8. The molecule has 115 heavy (non-hydrogen) atoms. The summed E-state index contributed by atoms with van der Waals surface area (Å²) in [5.41, 5.74) is 17.7. The maximum Gasteiger partial charge on any atom is 0.255 e. The Morgan fingerprint density at radius 3 is 1.06 bits per heavy atom. The minimum absolute atomic E-state index is 0.0466. The minimum atomic E-state index is -0.823. The number of amides is 6. The average molecular weight is 1680 g/mol. The van der Waals surface area contributed by atoms with Gasteiger partial charge in [-0.05, 0) is 141 Å². The van der Waals surface area contributed by atoms with Gasteiger partial charge in [-0.3, -0.25) is 43.2 Å². The summed E-state index contributed by atoms with van der Waals surface area (Å²) in [7, 11) is 0. The molecule has 6 aromatic carbocycles. The zero-order chi connectivity index (χ0) is 81.8. The van der Waals surface area contributed by atoms with Crippen LogP contribution in [0, 0.1) is 37.4 Å². The van der Waals surface area contributed by atoms with Crippen LogP contribution in [0.2, 0.25) is 0 Å². The summed E-state index contributed by atoms with van der Waals surface area (Å²) in [5.74, 6) is -2.87. The number of thiazole rings is 3. The van der Waals surface area contributed by atoms with Gasteiger partial charge in [-0.2, -0.15) is 0 Å². The highest BCUT2D eigenvalue weighted by molar-refractivity contribution is 9.10. The standard InChI is InChI=1S/C30H32FN3O4S.C30H33N3O4S.C29H30BrN3O4S/c1-17(2)27(34-14-21-9-10-22(31)12-24(21)29(34)37)30(38)33-15-23(35)13-25(33)26(36)11-6-19-4-7-20(8-5-19)28-18(3)32-16-39-28;1-18(2)27(33-15-22-6-4-5-7-24(22)29(33)36)30(37)32-16-23(34)14-25(32)26(35)13-10-20-8-11-21(12-9-20)28-19(3)31-17-38-28;1-17(2)25(33-14-20-5-3-4-6-22(20)28(33)36)29(37)32-15-21(34)13-23(32)24(35)12-9-18-7-10-19(11-8-18)26-27(30)31-16-38-26/h4-5,7-10,12,16-17,23,25,27,35H,6,11,13-15H2,1-3H3;4-9,11-12,17-18,23,25,27,34H,10,13-16H2,1-3H3;3-8,10-11,16-17,21,23,25,34H,9,12-15H2,1-2H3/t23-,25+,27-;23-,25+,27+;21-,23+,25+/m111/s1. The fourth-order valence-corrected chi connectivity index (χ4v) is 19.9. The van der Waals surface area contributed by atoms with Crippen molar-refractivity contribution in [3.63, 3.8) is 0 Å². The predicted molar refractivity (Wildman–Crippen MR) is 443 cm³/mol. The van der Waals surface area contributed by atoms with E-state index in [1.807, 2.05) is 176 Å². The summed E-state index contributed by atoms with van der Waals surface area (Å²) in [5, 5.41) is 31.3. The van der Waals surface area contributed by atoms with Gasteiger partial charge in [-0.25, -0.2) is 19.3 Å². The quantitative estimate of drug-likeness (QED) is 0.0507. The largest absolute Gasteiger partial charge is 0.391 e. The highest BCUT2D eigenvalue weighted by Crippen LogP contribution is 2.38. The Kier molecular flexibility index (Phi) is 26.2. The number of Topliss-reactive ketones (excluding diaryl/α,β-unsaturated/α-hetero) is 3. The molecule has 6 aliphatic rings. The summed E-state index contributed by atoms with van der Waals surface area (Å²) in [6.07, 6.45) is 0.721. The molecule has 0 unspecified atom stereocenters. The second-order valence-corrected chi connectivity index (χ2v) is 35.0. The second-order valence-electron chi connectivity index (χ2n) is 31.7. The number of β-amino-alcohol motifs (C(OH)–C–C–N with tert-alkyl or cyclic N) is 3. The van der Waals surface area contributed by atoms with E-state index in [0.717, 1.165) is 75.1 Å². The topological polar surface area (TPSA) is 272 Å². The fraction of sp³-hybridized carbons (Fsp3) is 0.393. The van der Waals surface area contributed by atoms with Crippen molar-refractivity contribution in [1.82, 2.24) is 44.4 Å². The van der Waals surface area contributed by atoms with Crippen LogP contribution in [0.5, 0.6) is 0 Å². The molecule has 15 rings (SSSR count). The zero-order valence-corrected chi connectivity index (χ0v) is 69.6. The molecule has 26 heteroatoms. The van der Waals surface area contributed by atoms with E-state index >= 15 is 0 Å². The van der Waals surface area contributed by atoms with Crippen LogP contribution in [0.25, 0.3) is 31.3 Å². The number of hydrogen-bond donors (Lipinski definition) is 3. The Labute approximate surface area is 689 Å². The molecule has 0 radical (unpaired) electrons. The summed E-state index contributed by atoms with van der Waals surface area (Å²) in [6, 6.07) is 38.8. The van der Waals surface area contributed by atoms with Crippen LogP contribution in [-0.2, 0) is 67.7 Å².